The molecule has 2 N–H and O–H groups in total. The number of alkyl halides is 3. The molecule has 0 aliphatic carbocycles. The maximum absolute atomic E-state index is 12.9. The Kier molecular flexibility index (Phi) is 4.98. The third kappa shape index (κ3) is 3.66. The highest BCUT2D eigenvalue weighted by atomic mass is 35.5. The monoisotopic (exact) mass is 348 g/mol. The molecule has 0 bridgehead atoms. The highest BCUT2D eigenvalue weighted by Gasteiger charge is 2.32. The fourth-order valence-corrected chi connectivity index (χ4v) is 2.31. The summed E-state index contributed by atoms with van der Waals surface area (Å²) in [5, 5.41) is 7.51. The Balaban J connectivity index is 2.39. The average Bonchev–Trinajstić information content (AvgIpc) is 2.89. The van der Waals surface area contributed by atoms with Gasteiger partial charge in [-0.1, -0.05) is 11.6 Å². The van der Waals surface area contributed by atoms with Crippen molar-refractivity contribution in [2.24, 2.45) is 10.7 Å². The molecule has 0 amide bonds. The Hall–Kier alpha value is -2.03. The minimum Gasteiger partial charge on any atom is -0.370 e. The van der Waals surface area contributed by atoms with Gasteiger partial charge in [0.1, 0.15) is 6.54 Å². The lowest BCUT2D eigenvalue weighted by atomic mass is 10.3. The molecule has 0 spiro atoms. The van der Waals surface area contributed by atoms with E-state index in [1.807, 2.05) is 18.7 Å². The lowest BCUT2D eigenvalue weighted by Gasteiger charge is -2.19. The second-order valence-electron chi connectivity index (χ2n) is 4.73. The van der Waals surface area contributed by atoms with Gasteiger partial charge < -0.3 is 10.6 Å². The number of hydrogen-bond acceptors (Lipinski definition) is 3. The first kappa shape index (κ1) is 17.3. The van der Waals surface area contributed by atoms with Gasteiger partial charge in [-0.25, -0.2) is 4.99 Å². The number of pyridine rings is 1. The summed E-state index contributed by atoms with van der Waals surface area (Å²) in [4.78, 5) is 5.97. The third-order valence-electron chi connectivity index (χ3n) is 3.33. The number of fused-ring (bicyclic) bond motifs is 1. The number of nitrogens with two attached hydrogens (primary N) is 1. The van der Waals surface area contributed by atoms with Crippen LogP contribution in [0.2, 0.25) is 5.02 Å². The van der Waals surface area contributed by atoms with Crippen LogP contribution in [-0.2, 0) is 12.7 Å². The van der Waals surface area contributed by atoms with Crippen LogP contribution in [0.15, 0.2) is 17.3 Å². The van der Waals surface area contributed by atoms with Gasteiger partial charge in [-0.3, -0.25) is 4.40 Å². The van der Waals surface area contributed by atoms with Crippen LogP contribution in [0.3, 0.4) is 0 Å². The van der Waals surface area contributed by atoms with E-state index < -0.39 is 11.7 Å². The topological polar surface area (TPSA) is 71.8 Å². The molecule has 23 heavy (non-hydrogen) atoms. The third-order valence-corrected chi connectivity index (χ3v) is 3.61. The first-order chi connectivity index (χ1) is 10.8. The normalized spacial score (nSPS) is 12.9. The molecule has 0 saturated heterocycles. The minimum atomic E-state index is -4.51. The Morgan fingerprint density at radius 3 is 2.57 bits per heavy atom. The lowest BCUT2D eigenvalue weighted by molar-refractivity contribution is -0.137. The van der Waals surface area contributed by atoms with Gasteiger partial charge in [-0.05, 0) is 19.9 Å². The van der Waals surface area contributed by atoms with E-state index in [-0.39, 0.29) is 23.0 Å². The van der Waals surface area contributed by atoms with E-state index in [1.54, 1.807) is 0 Å². The van der Waals surface area contributed by atoms with Gasteiger partial charge in [0.15, 0.2) is 17.4 Å². The largest absolute Gasteiger partial charge is 0.417 e. The van der Waals surface area contributed by atoms with Crippen LogP contribution in [0.25, 0.3) is 5.65 Å². The molecule has 0 saturated carbocycles. The first-order valence-electron chi connectivity index (χ1n) is 6.93. The highest BCUT2D eigenvalue weighted by molar-refractivity contribution is 6.33. The van der Waals surface area contributed by atoms with Crippen molar-refractivity contribution in [3.63, 3.8) is 0 Å². The Bertz CT molecular complexity index is 720. The Morgan fingerprint density at radius 1 is 1.35 bits per heavy atom. The van der Waals surface area contributed by atoms with Crippen molar-refractivity contribution in [3.8, 4) is 0 Å². The molecular formula is C13H16ClF3N6. The van der Waals surface area contributed by atoms with Crippen LogP contribution in [-0.4, -0.2) is 38.5 Å². The predicted molar refractivity (Wildman–Crippen MR) is 81.2 cm³/mol. The van der Waals surface area contributed by atoms with Crippen molar-refractivity contribution in [1.82, 2.24) is 19.5 Å². The van der Waals surface area contributed by atoms with E-state index in [4.69, 9.17) is 17.3 Å². The van der Waals surface area contributed by atoms with E-state index in [2.05, 4.69) is 15.2 Å². The van der Waals surface area contributed by atoms with Crippen molar-refractivity contribution >= 4 is 23.2 Å². The lowest BCUT2D eigenvalue weighted by Crippen LogP contribution is -2.37. The molecule has 2 rings (SSSR count). The molecule has 0 aliphatic rings. The smallest absolute Gasteiger partial charge is 0.370 e. The molecule has 0 aliphatic heterocycles. The van der Waals surface area contributed by atoms with Crippen molar-refractivity contribution in [3.05, 3.63) is 28.7 Å². The van der Waals surface area contributed by atoms with E-state index in [1.165, 1.54) is 4.40 Å². The molecule has 0 radical (unpaired) electrons. The van der Waals surface area contributed by atoms with E-state index >= 15 is 0 Å². The summed E-state index contributed by atoms with van der Waals surface area (Å²) in [5.74, 6) is 0.521. The molecule has 0 aromatic carbocycles. The number of aliphatic imine (C=N–C) groups is 1. The van der Waals surface area contributed by atoms with E-state index in [0.717, 1.165) is 12.3 Å². The van der Waals surface area contributed by atoms with Gasteiger partial charge in [-0.2, -0.15) is 13.2 Å². The van der Waals surface area contributed by atoms with Crippen LogP contribution < -0.4 is 5.73 Å². The SMILES string of the molecule is CCN(CC)C(N)=NCc1nnc2c(Cl)cc(C(F)(F)F)cn12. The van der Waals surface area contributed by atoms with Gasteiger partial charge in [-0.15, -0.1) is 10.2 Å². The number of aromatic nitrogens is 3. The standard InChI is InChI=1S/C13H16ClF3N6/c1-3-22(4-2)12(18)19-6-10-20-21-11-9(14)5-8(7-23(10)11)13(15,16)17/h5,7H,3-4,6H2,1-2H3,(H2,18,19). The fraction of sp³-hybridized carbons (Fsp3) is 0.462. The first-order valence-corrected chi connectivity index (χ1v) is 7.30. The Morgan fingerprint density at radius 2 is 2.00 bits per heavy atom. The van der Waals surface area contributed by atoms with Gasteiger partial charge in [0.25, 0.3) is 0 Å². The Labute approximate surface area is 135 Å². The summed E-state index contributed by atoms with van der Waals surface area (Å²) in [7, 11) is 0. The number of nitrogens with zero attached hydrogens (tertiary/aromatic N) is 5. The summed E-state index contributed by atoms with van der Waals surface area (Å²) in [6.07, 6.45) is -3.61. The molecule has 126 valence electrons. The molecule has 0 unspecified atom stereocenters. The molecule has 2 heterocycles. The van der Waals surface area contributed by atoms with E-state index in [0.29, 0.717) is 19.0 Å². The second kappa shape index (κ2) is 6.61. The maximum Gasteiger partial charge on any atom is 0.417 e. The zero-order valence-electron chi connectivity index (χ0n) is 12.6. The number of rotatable bonds is 4. The van der Waals surface area contributed by atoms with Crippen LogP contribution in [0.4, 0.5) is 13.2 Å². The summed E-state index contributed by atoms with van der Waals surface area (Å²) in [5.41, 5.74) is 5.11. The minimum absolute atomic E-state index is 0.00113. The quantitative estimate of drug-likeness (QED) is 0.681. The van der Waals surface area contributed by atoms with Crippen molar-refractivity contribution in [1.29, 1.82) is 0 Å². The summed E-state index contributed by atoms with van der Waals surface area (Å²) in [6.45, 7) is 5.20. The van der Waals surface area contributed by atoms with Gasteiger partial charge >= 0.3 is 6.18 Å². The van der Waals surface area contributed by atoms with Crippen LogP contribution in [0, 0.1) is 0 Å². The fourth-order valence-electron chi connectivity index (χ4n) is 2.06. The van der Waals surface area contributed by atoms with Crippen LogP contribution >= 0.6 is 11.6 Å². The number of guanidine groups is 1. The maximum atomic E-state index is 12.9. The van der Waals surface area contributed by atoms with Crippen LogP contribution in [0.1, 0.15) is 25.2 Å². The molecule has 6 nitrogen and oxygen atoms in total. The van der Waals surface area contributed by atoms with Crippen molar-refractivity contribution in [2.75, 3.05) is 13.1 Å². The molecule has 10 heteroatoms. The van der Waals surface area contributed by atoms with Gasteiger partial charge in [0.05, 0.1) is 10.6 Å². The second-order valence-corrected chi connectivity index (χ2v) is 5.14. The summed E-state index contributed by atoms with van der Waals surface area (Å²) < 4.78 is 39.8. The molecular weight excluding hydrogens is 333 g/mol. The molecule has 2 aromatic heterocycles. The van der Waals surface area contributed by atoms with Gasteiger partial charge in [0.2, 0.25) is 0 Å². The summed E-state index contributed by atoms with van der Waals surface area (Å²) in [6, 6.07) is 0.822. The summed E-state index contributed by atoms with van der Waals surface area (Å²) >= 11 is 5.85. The highest BCUT2D eigenvalue weighted by Crippen LogP contribution is 2.32. The van der Waals surface area contributed by atoms with Crippen LogP contribution in [0.5, 0.6) is 0 Å². The molecule has 0 fully saturated rings. The zero-order valence-corrected chi connectivity index (χ0v) is 13.4. The van der Waals surface area contributed by atoms with Crippen molar-refractivity contribution in [2.45, 2.75) is 26.6 Å². The zero-order chi connectivity index (χ0) is 17.2. The molecule has 0 atom stereocenters. The average molecular weight is 349 g/mol. The number of hydrogen-bond donors (Lipinski definition) is 1. The van der Waals surface area contributed by atoms with E-state index in [9.17, 15) is 13.2 Å². The number of halogens is 4. The molecule has 2 aromatic rings. The van der Waals surface area contributed by atoms with Crippen molar-refractivity contribution < 1.29 is 13.2 Å². The predicted octanol–water partition coefficient (Wildman–Crippen LogP) is 2.56. The van der Waals surface area contributed by atoms with Gasteiger partial charge in [0, 0.05) is 19.3 Å².